The highest BCUT2D eigenvalue weighted by molar-refractivity contribution is 7.89. The fourth-order valence-corrected chi connectivity index (χ4v) is 4.67. The van der Waals surface area contributed by atoms with Crippen molar-refractivity contribution in [2.75, 3.05) is 19.9 Å². The Labute approximate surface area is 128 Å². The molecule has 1 saturated heterocycles. The van der Waals surface area contributed by atoms with Crippen LogP contribution in [0.4, 0.5) is 0 Å². The normalized spacial score (nSPS) is 25.1. The van der Waals surface area contributed by atoms with E-state index in [-0.39, 0.29) is 29.9 Å². The van der Waals surface area contributed by atoms with Gasteiger partial charge in [0.25, 0.3) is 0 Å². The van der Waals surface area contributed by atoms with Crippen molar-refractivity contribution in [1.29, 1.82) is 0 Å². The molecule has 0 aromatic heterocycles. The van der Waals surface area contributed by atoms with Gasteiger partial charge < -0.3 is 14.6 Å². The lowest BCUT2D eigenvalue weighted by atomic mass is 9.92. The van der Waals surface area contributed by atoms with Crippen LogP contribution in [-0.2, 0) is 14.8 Å². The zero-order valence-corrected chi connectivity index (χ0v) is 12.9. The molecule has 2 atom stereocenters. The number of benzene rings is 1. The molecule has 1 aromatic rings. The van der Waals surface area contributed by atoms with Crippen molar-refractivity contribution in [1.82, 2.24) is 4.31 Å². The summed E-state index contributed by atoms with van der Waals surface area (Å²) in [4.78, 5) is 11.3. The molecule has 1 N–H and O–H groups in total. The zero-order valence-electron chi connectivity index (χ0n) is 12.1. The first kappa shape index (κ1) is 15.1. The third kappa shape index (κ3) is 2.52. The Balaban J connectivity index is 1.96. The first-order valence-corrected chi connectivity index (χ1v) is 8.45. The van der Waals surface area contributed by atoms with Gasteiger partial charge >= 0.3 is 5.97 Å². The van der Waals surface area contributed by atoms with Crippen molar-refractivity contribution < 1.29 is 27.8 Å². The number of sulfonamides is 1. The van der Waals surface area contributed by atoms with Crippen LogP contribution in [0.25, 0.3) is 0 Å². The number of aliphatic carboxylic acids is 1. The second-order valence-corrected chi connectivity index (χ2v) is 7.59. The predicted octanol–water partition coefficient (Wildman–Crippen LogP) is 1.15. The summed E-state index contributed by atoms with van der Waals surface area (Å²) >= 11 is 0. The predicted molar refractivity (Wildman–Crippen MR) is 76.2 cm³/mol. The number of fused-ring (bicyclic) bond motifs is 1. The van der Waals surface area contributed by atoms with Crippen LogP contribution in [0.15, 0.2) is 23.1 Å². The summed E-state index contributed by atoms with van der Waals surface area (Å²) in [5.41, 5.74) is 0. The smallest absolute Gasteiger partial charge is 0.307 e. The molecule has 0 saturated carbocycles. The molecule has 0 aliphatic carbocycles. The maximum absolute atomic E-state index is 12.9. The van der Waals surface area contributed by atoms with E-state index < -0.39 is 21.9 Å². The SMILES string of the molecule is CC1CC(C(=O)O)CN(S(=O)(=O)c2cccc3c2OCO3)C1. The van der Waals surface area contributed by atoms with Gasteiger partial charge in [-0.25, -0.2) is 8.42 Å². The number of piperidine rings is 1. The molecule has 2 aliphatic rings. The number of para-hydroxylation sites is 1. The summed E-state index contributed by atoms with van der Waals surface area (Å²) < 4.78 is 37.4. The maximum Gasteiger partial charge on any atom is 0.307 e. The molecule has 0 bridgehead atoms. The summed E-state index contributed by atoms with van der Waals surface area (Å²) in [7, 11) is -3.82. The maximum atomic E-state index is 12.9. The van der Waals surface area contributed by atoms with Crippen LogP contribution in [0.3, 0.4) is 0 Å². The molecule has 2 aliphatic heterocycles. The molecule has 0 spiro atoms. The van der Waals surface area contributed by atoms with Crippen molar-refractivity contribution in [2.24, 2.45) is 11.8 Å². The van der Waals surface area contributed by atoms with Crippen LogP contribution >= 0.6 is 0 Å². The number of nitrogens with zero attached hydrogens (tertiary/aromatic N) is 1. The van der Waals surface area contributed by atoms with Crippen LogP contribution in [-0.4, -0.2) is 43.7 Å². The topological polar surface area (TPSA) is 93.1 Å². The highest BCUT2D eigenvalue weighted by Gasteiger charge is 2.38. The van der Waals surface area contributed by atoms with Crippen molar-refractivity contribution in [3.05, 3.63) is 18.2 Å². The van der Waals surface area contributed by atoms with E-state index in [2.05, 4.69) is 0 Å². The van der Waals surface area contributed by atoms with Crippen molar-refractivity contribution >= 4 is 16.0 Å². The minimum absolute atomic E-state index is 0.0152. The lowest BCUT2D eigenvalue weighted by molar-refractivity contribution is -0.143. The number of rotatable bonds is 3. The van der Waals surface area contributed by atoms with Crippen LogP contribution in [0.2, 0.25) is 0 Å². The molecule has 2 unspecified atom stereocenters. The van der Waals surface area contributed by atoms with Crippen molar-refractivity contribution in [2.45, 2.75) is 18.2 Å². The molecule has 0 radical (unpaired) electrons. The molecule has 8 heteroatoms. The standard InChI is InChI=1S/C14H17NO6S/c1-9-5-10(14(16)17)7-15(6-9)22(18,19)12-4-2-3-11-13(12)21-8-20-11/h2-4,9-10H,5-8H2,1H3,(H,16,17). The first-order valence-electron chi connectivity index (χ1n) is 7.01. The van der Waals surface area contributed by atoms with Crippen LogP contribution in [0.5, 0.6) is 11.5 Å². The summed E-state index contributed by atoms with van der Waals surface area (Å²) in [5.74, 6) is -1.08. The second kappa shape index (κ2) is 5.44. The third-order valence-corrected chi connectivity index (χ3v) is 5.81. The quantitative estimate of drug-likeness (QED) is 0.895. The van der Waals surface area contributed by atoms with Crippen LogP contribution in [0, 0.1) is 11.8 Å². The molecular weight excluding hydrogens is 310 g/mol. The fraction of sp³-hybridized carbons (Fsp3) is 0.500. The summed E-state index contributed by atoms with van der Waals surface area (Å²) in [6, 6.07) is 4.68. The van der Waals surface area contributed by atoms with E-state index in [9.17, 15) is 18.3 Å². The van der Waals surface area contributed by atoms with E-state index >= 15 is 0 Å². The highest BCUT2D eigenvalue weighted by atomic mass is 32.2. The Bertz CT molecular complexity index is 701. The number of hydrogen-bond donors (Lipinski definition) is 1. The average Bonchev–Trinajstić information content (AvgIpc) is 2.94. The van der Waals surface area contributed by atoms with Gasteiger partial charge in [0.1, 0.15) is 4.90 Å². The number of hydrogen-bond acceptors (Lipinski definition) is 5. The van der Waals surface area contributed by atoms with E-state index in [1.807, 2.05) is 6.92 Å². The molecule has 0 amide bonds. The van der Waals surface area contributed by atoms with Gasteiger partial charge in [0.05, 0.1) is 5.92 Å². The Hall–Kier alpha value is -1.80. The van der Waals surface area contributed by atoms with Gasteiger partial charge in [0, 0.05) is 13.1 Å². The monoisotopic (exact) mass is 327 g/mol. The van der Waals surface area contributed by atoms with Gasteiger partial charge in [-0.15, -0.1) is 0 Å². The Morgan fingerprint density at radius 1 is 1.32 bits per heavy atom. The second-order valence-electron chi connectivity index (χ2n) is 5.69. The lowest BCUT2D eigenvalue weighted by Gasteiger charge is -2.33. The van der Waals surface area contributed by atoms with E-state index in [0.717, 1.165) is 0 Å². The van der Waals surface area contributed by atoms with Gasteiger partial charge in [-0.05, 0) is 24.5 Å². The van der Waals surface area contributed by atoms with Gasteiger partial charge in [-0.3, -0.25) is 4.79 Å². The Morgan fingerprint density at radius 2 is 2.09 bits per heavy atom. The molecule has 7 nitrogen and oxygen atoms in total. The van der Waals surface area contributed by atoms with E-state index in [1.165, 1.54) is 10.4 Å². The summed E-state index contributed by atoms with van der Waals surface area (Å²) in [5, 5.41) is 9.20. The van der Waals surface area contributed by atoms with E-state index in [0.29, 0.717) is 18.7 Å². The van der Waals surface area contributed by atoms with Gasteiger partial charge in [0.2, 0.25) is 16.8 Å². The number of ether oxygens (including phenoxy) is 2. The molecule has 22 heavy (non-hydrogen) atoms. The molecular formula is C14H17NO6S. The lowest BCUT2D eigenvalue weighted by Crippen LogP contribution is -2.45. The highest BCUT2D eigenvalue weighted by Crippen LogP contribution is 2.40. The molecule has 1 aromatic carbocycles. The third-order valence-electron chi connectivity index (χ3n) is 3.95. The summed E-state index contributed by atoms with van der Waals surface area (Å²) in [6.45, 7) is 2.12. The molecule has 2 heterocycles. The van der Waals surface area contributed by atoms with E-state index in [1.54, 1.807) is 12.1 Å². The minimum Gasteiger partial charge on any atom is -0.481 e. The van der Waals surface area contributed by atoms with Gasteiger partial charge in [-0.1, -0.05) is 13.0 Å². The number of carboxylic acid groups (broad SMARTS) is 1. The summed E-state index contributed by atoms with van der Waals surface area (Å²) in [6.07, 6.45) is 0.480. The Kier molecular flexibility index (Phi) is 3.73. The van der Waals surface area contributed by atoms with Crippen LogP contribution < -0.4 is 9.47 Å². The van der Waals surface area contributed by atoms with Gasteiger partial charge in [-0.2, -0.15) is 4.31 Å². The molecule has 3 rings (SSSR count). The zero-order chi connectivity index (χ0) is 15.9. The minimum atomic E-state index is -3.82. The molecule has 1 fully saturated rings. The van der Waals surface area contributed by atoms with Gasteiger partial charge in [0.15, 0.2) is 11.5 Å². The van der Waals surface area contributed by atoms with Crippen molar-refractivity contribution in [3.63, 3.8) is 0 Å². The first-order chi connectivity index (χ1) is 10.4. The van der Waals surface area contributed by atoms with Crippen molar-refractivity contribution in [3.8, 4) is 11.5 Å². The van der Waals surface area contributed by atoms with E-state index in [4.69, 9.17) is 9.47 Å². The molecule has 120 valence electrons. The fourth-order valence-electron chi connectivity index (χ4n) is 2.92. The Morgan fingerprint density at radius 3 is 2.82 bits per heavy atom. The average molecular weight is 327 g/mol. The van der Waals surface area contributed by atoms with Crippen LogP contribution in [0.1, 0.15) is 13.3 Å². The number of carboxylic acids is 1. The number of carbonyl (C=O) groups is 1. The largest absolute Gasteiger partial charge is 0.481 e.